The first-order valence-electron chi connectivity index (χ1n) is 10.4. The lowest BCUT2D eigenvalue weighted by Crippen LogP contribution is -2.37. The number of aromatic nitrogens is 2. The van der Waals surface area contributed by atoms with E-state index in [4.69, 9.17) is 4.74 Å². The standard InChI is InChI=1S/C23H26N6O3/c1-15(14-28(4)24-3)18-13-17(7-11-25-18)32-19-5-6-20(26-16(19)2)27-22(31)29-12-10-23(8-9-23)21(29)30/h5-7,11,13-14H,3,8-10,12H2,1-2,4H3,(H,26,27,31)/b15-14+. The van der Waals surface area contributed by atoms with Crippen LogP contribution in [0.4, 0.5) is 10.6 Å². The molecule has 1 saturated heterocycles. The van der Waals surface area contributed by atoms with Crippen molar-refractivity contribution in [2.45, 2.75) is 33.1 Å². The monoisotopic (exact) mass is 434 g/mol. The number of nitrogens with zero attached hydrogens (tertiary/aromatic N) is 5. The minimum Gasteiger partial charge on any atom is -0.455 e. The quantitative estimate of drug-likeness (QED) is 0.544. The van der Waals surface area contributed by atoms with Gasteiger partial charge in [0.1, 0.15) is 17.3 Å². The summed E-state index contributed by atoms with van der Waals surface area (Å²) in [7, 11) is 1.79. The Morgan fingerprint density at radius 1 is 1.34 bits per heavy atom. The van der Waals surface area contributed by atoms with Crippen LogP contribution in [0.1, 0.15) is 37.6 Å². The molecule has 1 aliphatic heterocycles. The van der Waals surface area contributed by atoms with Crippen molar-refractivity contribution in [1.29, 1.82) is 0 Å². The number of anilines is 1. The number of hydrogen-bond donors (Lipinski definition) is 1. The molecule has 1 aliphatic carbocycles. The summed E-state index contributed by atoms with van der Waals surface area (Å²) in [4.78, 5) is 35.0. The minimum atomic E-state index is -0.431. The molecule has 32 heavy (non-hydrogen) atoms. The molecule has 4 rings (SSSR count). The number of amides is 3. The predicted molar refractivity (Wildman–Crippen MR) is 121 cm³/mol. The van der Waals surface area contributed by atoms with Gasteiger partial charge in [-0.15, -0.1) is 0 Å². The number of rotatable bonds is 6. The van der Waals surface area contributed by atoms with E-state index in [1.165, 1.54) is 4.90 Å². The Labute approximate surface area is 186 Å². The Bertz CT molecular complexity index is 1110. The van der Waals surface area contributed by atoms with E-state index in [0.717, 1.165) is 30.5 Å². The Balaban J connectivity index is 1.43. The lowest BCUT2D eigenvalue weighted by molar-refractivity contribution is -0.129. The van der Waals surface area contributed by atoms with E-state index >= 15 is 0 Å². The van der Waals surface area contributed by atoms with E-state index in [0.29, 0.717) is 29.6 Å². The van der Waals surface area contributed by atoms with Crippen molar-refractivity contribution >= 4 is 30.0 Å². The molecule has 0 atom stereocenters. The second-order valence-electron chi connectivity index (χ2n) is 8.20. The minimum absolute atomic E-state index is 0.0698. The van der Waals surface area contributed by atoms with Crippen molar-refractivity contribution in [2.24, 2.45) is 10.5 Å². The fraction of sp³-hybridized carbons (Fsp3) is 0.348. The highest BCUT2D eigenvalue weighted by atomic mass is 16.5. The zero-order valence-corrected chi connectivity index (χ0v) is 18.5. The van der Waals surface area contributed by atoms with E-state index in [9.17, 15) is 9.59 Å². The molecule has 2 aromatic heterocycles. The highest BCUT2D eigenvalue weighted by molar-refractivity contribution is 6.05. The van der Waals surface area contributed by atoms with Gasteiger partial charge in [0.2, 0.25) is 5.91 Å². The number of ether oxygens (including phenoxy) is 1. The molecule has 2 fully saturated rings. The number of pyridine rings is 2. The highest BCUT2D eigenvalue weighted by Crippen LogP contribution is 2.53. The fourth-order valence-corrected chi connectivity index (χ4v) is 3.74. The van der Waals surface area contributed by atoms with Crippen LogP contribution in [0.3, 0.4) is 0 Å². The van der Waals surface area contributed by atoms with Gasteiger partial charge in [0.15, 0.2) is 0 Å². The van der Waals surface area contributed by atoms with Crippen molar-refractivity contribution in [3.05, 3.63) is 48.1 Å². The number of urea groups is 1. The molecular formula is C23H26N6O3. The van der Waals surface area contributed by atoms with Crippen LogP contribution < -0.4 is 10.1 Å². The second-order valence-corrected chi connectivity index (χ2v) is 8.20. The number of hydrogen-bond acceptors (Lipinski definition) is 7. The summed E-state index contributed by atoms with van der Waals surface area (Å²) in [5.41, 5.74) is 1.99. The van der Waals surface area contributed by atoms with Gasteiger partial charge in [-0.1, -0.05) is 0 Å². The van der Waals surface area contributed by atoms with Crippen LogP contribution in [0.15, 0.2) is 41.8 Å². The zero-order valence-electron chi connectivity index (χ0n) is 18.5. The SMILES string of the molecule is C=NN(C)/C=C(\C)c1cc(Oc2ccc(NC(=O)N3CCC4(CC4)C3=O)nc2C)ccn1. The lowest BCUT2D eigenvalue weighted by Gasteiger charge is -2.16. The van der Waals surface area contributed by atoms with Crippen LogP contribution in [-0.4, -0.2) is 52.1 Å². The maximum absolute atomic E-state index is 12.5. The van der Waals surface area contributed by atoms with Crippen LogP contribution in [0.5, 0.6) is 11.5 Å². The number of imide groups is 1. The van der Waals surface area contributed by atoms with Crippen LogP contribution >= 0.6 is 0 Å². The van der Waals surface area contributed by atoms with Crippen LogP contribution in [0, 0.1) is 12.3 Å². The summed E-state index contributed by atoms with van der Waals surface area (Å²) in [6.07, 6.45) is 6.00. The topological polar surface area (TPSA) is 100 Å². The van der Waals surface area contributed by atoms with E-state index < -0.39 is 6.03 Å². The van der Waals surface area contributed by atoms with Gasteiger partial charge in [-0.05, 0) is 56.9 Å². The van der Waals surface area contributed by atoms with E-state index in [-0.39, 0.29) is 11.3 Å². The van der Waals surface area contributed by atoms with Gasteiger partial charge in [-0.2, -0.15) is 5.10 Å². The Morgan fingerprint density at radius 2 is 2.12 bits per heavy atom. The lowest BCUT2D eigenvalue weighted by atomic mass is 10.1. The van der Waals surface area contributed by atoms with Gasteiger partial charge >= 0.3 is 6.03 Å². The molecule has 0 bridgehead atoms. The Hall–Kier alpha value is -3.75. The van der Waals surface area contributed by atoms with Gasteiger partial charge in [-0.3, -0.25) is 25.0 Å². The maximum atomic E-state index is 12.5. The van der Waals surface area contributed by atoms with Crippen LogP contribution in [0.2, 0.25) is 0 Å². The van der Waals surface area contributed by atoms with Crippen LogP contribution in [-0.2, 0) is 4.79 Å². The van der Waals surface area contributed by atoms with Gasteiger partial charge in [-0.25, -0.2) is 9.78 Å². The first kappa shape index (κ1) is 21.5. The summed E-state index contributed by atoms with van der Waals surface area (Å²) in [6, 6.07) is 6.55. The molecule has 1 spiro atoms. The second kappa shape index (κ2) is 8.41. The van der Waals surface area contributed by atoms with E-state index in [1.54, 1.807) is 43.4 Å². The number of hydrazone groups is 1. The molecular weight excluding hydrogens is 408 g/mol. The molecule has 1 N–H and O–H groups in total. The summed E-state index contributed by atoms with van der Waals surface area (Å²) in [5.74, 6) is 1.47. The predicted octanol–water partition coefficient (Wildman–Crippen LogP) is 4.03. The van der Waals surface area contributed by atoms with Gasteiger partial charge in [0, 0.05) is 38.8 Å². The smallest absolute Gasteiger partial charge is 0.329 e. The third kappa shape index (κ3) is 4.32. The maximum Gasteiger partial charge on any atom is 0.329 e. The molecule has 0 aromatic carbocycles. The molecule has 3 amide bonds. The van der Waals surface area contributed by atoms with Crippen molar-refractivity contribution < 1.29 is 14.3 Å². The van der Waals surface area contributed by atoms with E-state index in [2.05, 4.69) is 27.1 Å². The molecule has 9 heteroatoms. The van der Waals surface area contributed by atoms with Crippen molar-refractivity contribution in [3.8, 4) is 11.5 Å². The molecule has 0 unspecified atom stereocenters. The first-order chi connectivity index (χ1) is 15.3. The fourth-order valence-electron chi connectivity index (χ4n) is 3.74. The summed E-state index contributed by atoms with van der Waals surface area (Å²) in [5, 5.41) is 8.14. The molecule has 2 aliphatic rings. The third-order valence-electron chi connectivity index (χ3n) is 5.85. The number of likely N-dealkylation sites (tertiary alicyclic amines) is 1. The zero-order chi connectivity index (χ0) is 22.9. The number of carbonyl (C=O) groups is 2. The van der Waals surface area contributed by atoms with Gasteiger partial charge < -0.3 is 4.74 Å². The number of aryl methyl sites for hydroxylation is 1. The highest BCUT2D eigenvalue weighted by Gasteiger charge is 2.56. The van der Waals surface area contributed by atoms with Gasteiger partial charge in [0.05, 0.1) is 16.8 Å². The normalized spacial score (nSPS) is 16.8. The van der Waals surface area contributed by atoms with Crippen molar-refractivity contribution in [1.82, 2.24) is 19.9 Å². The Kier molecular flexibility index (Phi) is 5.65. The summed E-state index contributed by atoms with van der Waals surface area (Å²) < 4.78 is 5.99. The van der Waals surface area contributed by atoms with Crippen LogP contribution in [0.25, 0.3) is 5.57 Å². The van der Waals surface area contributed by atoms with Crippen molar-refractivity contribution in [2.75, 3.05) is 18.9 Å². The molecule has 9 nitrogen and oxygen atoms in total. The van der Waals surface area contributed by atoms with Crippen molar-refractivity contribution in [3.63, 3.8) is 0 Å². The average molecular weight is 435 g/mol. The molecule has 1 saturated carbocycles. The summed E-state index contributed by atoms with van der Waals surface area (Å²) in [6.45, 7) is 7.66. The third-order valence-corrected chi connectivity index (χ3v) is 5.85. The number of carbonyl (C=O) groups excluding carboxylic acids is 2. The largest absolute Gasteiger partial charge is 0.455 e. The number of allylic oxidation sites excluding steroid dienone is 1. The van der Waals surface area contributed by atoms with Gasteiger partial charge in [0.25, 0.3) is 0 Å². The average Bonchev–Trinajstić information content (AvgIpc) is 3.49. The molecule has 3 heterocycles. The van der Waals surface area contributed by atoms with E-state index in [1.807, 2.05) is 19.2 Å². The first-order valence-corrected chi connectivity index (χ1v) is 10.4. The molecule has 0 radical (unpaired) electrons. The summed E-state index contributed by atoms with van der Waals surface area (Å²) >= 11 is 0. The molecule has 2 aromatic rings. The Morgan fingerprint density at radius 3 is 2.78 bits per heavy atom. The molecule has 166 valence electrons. The number of nitrogens with one attached hydrogen (secondary N) is 1.